The molecule has 92 valence electrons. The van der Waals surface area contributed by atoms with Gasteiger partial charge in [0, 0.05) is 0 Å². The van der Waals surface area contributed by atoms with Crippen molar-refractivity contribution in [2.75, 3.05) is 5.06 Å². The van der Waals surface area contributed by atoms with E-state index in [4.69, 9.17) is 4.55 Å². The van der Waals surface area contributed by atoms with Gasteiger partial charge in [-0.25, -0.2) is 0 Å². The molecule has 0 saturated heterocycles. The Morgan fingerprint density at radius 3 is 2.59 bits per heavy atom. The number of hydrogen-bond donors (Lipinski definition) is 1. The van der Waals surface area contributed by atoms with Crippen LogP contribution in [0.5, 0.6) is 0 Å². The predicted molar refractivity (Wildman–Crippen MR) is 59.7 cm³/mol. The van der Waals surface area contributed by atoms with Crippen molar-refractivity contribution in [3.05, 3.63) is 28.8 Å². The molecule has 1 aromatic rings. The summed E-state index contributed by atoms with van der Waals surface area (Å²) in [5, 5.41) is 0.608. The highest BCUT2D eigenvalue weighted by Crippen LogP contribution is 2.33. The van der Waals surface area contributed by atoms with Crippen LogP contribution in [0, 0.1) is 13.8 Å². The van der Waals surface area contributed by atoms with E-state index in [0.717, 1.165) is 16.7 Å². The Bertz CT molecular complexity index is 593. The van der Waals surface area contributed by atoms with E-state index in [9.17, 15) is 13.2 Å². The fourth-order valence-corrected chi connectivity index (χ4v) is 2.16. The van der Waals surface area contributed by atoms with E-state index in [1.54, 1.807) is 12.1 Å². The third-order valence-electron chi connectivity index (χ3n) is 2.79. The van der Waals surface area contributed by atoms with Crippen LogP contribution in [0.4, 0.5) is 5.69 Å². The lowest BCUT2D eigenvalue weighted by Gasteiger charge is -2.14. The van der Waals surface area contributed by atoms with Crippen LogP contribution in [-0.2, 0) is 25.9 Å². The summed E-state index contributed by atoms with van der Waals surface area (Å²) in [5.74, 6) is -0.522. The number of anilines is 1. The fourth-order valence-electron chi connectivity index (χ4n) is 1.81. The molecule has 0 fully saturated rings. The molecule has 0 atom stereocenters. The molecule has 0 unspecified atom stereocenters. The Morgan fingerprint density at radius 2 is 2.00 bits per heavy atom. The van der Waals surface area contributed by atoms with Gasteiger partial charge in [-0.3, -0.25) is 9.35 Å². The molecule has 7 heteroatoms. The Kier molecular flexibility index (Phi) is 2.69. The Balaban J connectivity index is 2.49. The number of hydrogen-bond acceptors (Lipinski definition) is 4. The van der Waals surface area contributed by atoms with Crippen molar-refractivity contribution in [2.45, 2.75) is 20.3 Å². The van der Waals surface area contributed by atoms with Crippen LogP contribution in [0.1, 0.15) is 16.7 Å². The van der Waals surface area contributed by atoms with Crippen LogP contribution < -0.4 is 5.06 Å². The van der Waals surface area contributed by atoms with E-state index < -0.39 is 16.3 Å². The van der Waals surface area contributed by atoms with Crippen LogP contribution >= 0.6 is 0 Å². The maximum atomic E-state index is 11.6. The normalized spacial score (nSPS) is 15.2. The Hall–Kier alpha value is -1.44. The minimum atomic E-state index is -4.70. The van der Waals surface area contributed by atoms with Crippen molar-refractivity contribution in [1.29, 1.82) is 0 Å². The van der Waals surface area contributed by atoms with Crippen LogP contribution in [0.15, 0.2) is 12.1 Å². The molecule has 0 bridgehead atoms. The second kappa shape index (κ2) is 3.80. The summed E-state index contributed by atoms with van der Waals surface area (Å²) >= 11 is 0. The van der Waals surface area contributed by atoms with Crippen molar-refractivity contribution >= 4 is 22.0 Å². The van der Waals surface area contributed by atoms with Gasteiger partial charge in [-0.2, -0.15) is 13.5 Å². The molecule has 0 spiro atoms. The zero-order valence-corrected chi connectivity index (χ0v) is 10.1. The molecule has 17 heavy (non-hydrogen) atoms. The highest BCUT2D eigenvalue weighted by atomic mass is 32.3. The molecule has 0 aromatic heterocycles. The van der Waals surface area contributed by atoms with Crippen molar-refractivity contribution in [2.24, 2.45) is 0 Å². The van der Waals surface area contributed by atoms with Gasteiger partial charge in [0.25, 0.3) is 5.91 Å². The van der Waals surface area contributed by atoms with Crippen molar-refractivity contribution in [3.8, 4) is 0 Å². The van der Waals surface area contributed by atoms with Gasteiger partial charge in [-0.05, 0) is 36.6 Å². The molecule has 1 N–H and O–H groups in total. The molecule has 1 amide bonds. The van der Waals surface area contributed by atoms with E-state index in [0.29, 0.717) is 10.8 Å². The first-order chi connectivity index (χ1) is 7.79. The summed E-state index contributed by atoms with van der Waals surface area (Å²) in [6.07, 6.45) is 0.0678. The number of rotatable bonds is 2. The second-order valence-corrected chi connectivity index (χ2v) is 4.88. The summed E-state index contributed by atoms with van der Waals surface area (Å²) in [6, 6.07) is 3.35. The monoisotopic (exact) mass is 257 g/mol. The van der Waals surface area contributed by atoms with Gasteiger partial charge in [0.15, 0.2) is 0 Å². The molecular weight excluding hydrogens is 246 g/mol. The first kappa shape index (κ1) is 12.0. The van der Waals surface area contributed by atoms with Crippen LogP contribution in [0.25, 0.3) is 0 Å². The molecule has 1 aliphatic heterocycles. The zero-order valence-electron chi connectivity index (χ0n) is 9.30. The Morgan fingerprint density at radius 1 is 1.35 bits per heavy atom. The van der Waals surface area contributed by atoms with Crippen LogP contribution in [-0.4, -0.2) is 18.9 Å². The van der Waals surface area contributed by atoms with Crippen molar-refractivity contribution < 1.29 is 22.0 Å². The van der Waals surface area contributed by atoms with E-state index in [-0.39, 0.29) is 6.42 Å². The number of hydroxylamine groups is 1. The average Bonchev–Trinajstić information content (AvgIpc) is 2.49. The highest BCUT2D eigenvalue weighted by molar-refractivity contribution is 7.81. The van der Waals surface area contributed by atoms with E-state index >= 15 is 0 Å². The number of carbonyl (C=O) groups is 1. The molecule has 1 aromatic carbocycles. The lowest BCUT2D eigenvalue weighted by Crippen LogP contribution is -2.29. The SMILES string of the molecule is Cc1ccc2c(c1C)CC(=O)N2OS(=O)(=O)O. The maximum Gasteiger partial charge on any atom is 0.418 e. The van der Waals surface area contributed by atoms with Crippen LogP contribution in [0.3, 0.4) is 0 Å². The molecule has 0 saturated carbocycles. The predicted octanol–water partition coefficient (Wildman–Crippen LogP) is 0.927. The second-order valence-electron chi connectivity index (χ2n) is 3.87. The first-order valence-corrected chi connectivity index (χ1v) is 6.25. The molecule has 1 aliphatic rings. The van der Waals surface area contributed by atoms with Gasteiger partial charge in [-0.1, -0.05) is 6.07 Å². The number of amides is 1. The number of fused-ring (bicyclic) bond motifs is 1. The summed E-state index contributed by atoms with van der Waals surface area (Å²) in [7, 11) is -4.70. The van der Waals surface area contributed by atoms with Crippen molar-refractivity contribution in [1.82, 2.24) is 0 Å². The van der Waals surface area contributed by atoms with Gasteiger partial charge in [-0.15, -0.1) is 4.28 Å². The van der Waals surface area contributed by atoms with Gasteiger partial charge in [0.05, 0.1) is 12.1 Å². The zero-order chi connectivity index (χ0) is 12.8. The quantitative estimate of drug-likeness (QED) is 0.797. The molecule has 6 nitrogen and oxygen atoms in total. The number of nitrogens with zero attached hydrogens (tertiary/aromatic N) is 1. The topological polar surface area (TPSA) is 83.9 Å². The number of benzene rings is 1. The van der Waals surface area contributed by atoms with Gasteiger partial charge < -0.3 is 0 Å². The van der Waals surface area contributed by atoms with E-state index in [1.165, 1.54) is 0 Å². The fraction of sp³-hybridized carbons (Fsp3) is 0.300. The smallest absolute Gasteiger partial charge is 0.272 e. The van der Waals surface area contributed by atoms with Gasteiger partial charge >= 0.3 is 10.4 Å². The van der Waals surface area contributed by atoms with Gasteiger partial charge in [0.2, 0.25) is 0 Å². The molecule has 0 aliphatic carbocycles. The number of aryl methyl sites for hydroxylation is 1. The third-order valence-corrected chi connectivity index (χ3v) is 3.12. The standard InChI is InChI=1S/C10H11NO5S/c1-6-3-4-9-8(7(6)2)5-10(12)11(9)16-17(13,14)15/h3-4H,5H2,1-2H3,(H,13,14,15). The molecule has 2 rings (SSSR count). The molecule has 0 radical (unpaired) electrons. The highest BCUT2D eigenvalue weighted by Gasteiger charge is 2.33. The lowest BCUT2D eigenvalue weighted by molar-refractivity contribution is -0.121. The summed E-state index contributed by atoms with van der Waals surface area (Å²) < 4.78 is 34.1. The molecular formula is C10H11NO5S. The van der Waals surface area contributed by atoms with E-state index in [1.807, 2.05) is 13.8 Å². The average molecular weight is 257 g/mol. The minimum absolute atomic E-state index is 0.0678. The van der Waals surface area contributed by atoms with Gasteiger partial charge in [0.1, 0.15) is 0 Å². The minimum Gasteiger partial charge on any atom is -0.272 e. The first-order valence-electron chi connectivity index (χ1n) is 4.88. The van der Waals surface area contributed by atoms with Crippen LogP contribution in [0.2, 0.25) is 0 Å². The summed E-state index contributed by atoms with van der Waals surface area (Å²) in [6.45, 7) is 3.74. The summed E-state index contributed by atoms with van der Waals surface area (Å²) in [4.78, 5) is 11.6. The van der Waals surface area contributed by atoms with E-state index in [2.05, 4.69) is 4.28 Å². The maximum absolute atomic E-state index is 11.6. The summed E-state index contributed by atoms with van der Waals surface area (Å²) in [5.41, 5.74) is 3.00. The number of carbonyl (C=O) groups excluding carboxylic acids is 1. The lowest BCUT2D eigenvalue weighted by atomic mass is 10.0. The van der Waals surface area contributed by atoms with Crippen molar-refractivity contribution in [3.63, 3.8) is 0 Å². The third kappa shape index (κ3) is 2.17. The Labute approximate surface area is 98.7 Å². The largest absolute Gasteiger partial charge is 0.418 e. The molecule has 1 heterocycles.